The highest BCUT2D eigenvalue weighted by atomic mass is 35.5. The fraction of sp³-hybridized carbons (Fsp3) is 0.357. The largest absolute Gasteiger partial charge is 0.489 e. The predicted octanol–water partition coefficient (Wildman–Crippen LogP) is 3.23. The van der Waals surface area contributed by atoms with E-state index in [1.807, 2.05) is 0 Å². The first kappa shape index (κ1) is 13.7. The van der Waals surface area contributed by atoms with E-state index in [4.69, 9.17) is 21.1 Å². The van der Waals surface area contributed by atoms with Crippen molar-refractivity contribution in [2.75, 3.05) is 13.2 Å². The van der Waals surface area contributed by atoms with Crippen molar-refractivity contribution >= 4 is 22.9 Å². The summed E-state index contributed by atoms with van der Waals surface area (Å²) in [6, 6.07) is 3.54. The standard InChI is InChI=1S/C14H14ClNO3S/c15-11-4-9(12(17)6-10-7-16-8-20-10)5-13-14(11)19-3-1-2-18-13/h4-5,7-8,12,17H,1-3,6H2. The molecule has 1 aliphatic rings. The number of fused-ring (bicyclic) bond motifs is 1. The zero-order valence-electron chi connectivity index (χ0n) is 10.7. The van der Waals surface area contributed by atoms with Crippen molar-refractivity contribution in [3.8, 4) is 11.5 Å². The van der Waals surface area contributed by atoms with Gasteiger partial charge >= 0.3 is 0 Å². The van der Waals surface area contributed by atoms with Crippen LogP contribution in [-0.2, 0) is 6.42 Å². The number of ether oxygens (including phenoxy) is 2. The van der Waals surface area contributed by atoms with Crippen molar-refractivity contribution in [2.24, 2.45) is 0 Å². The summed E-state index contributed by atoms with van der Waals surface area (Å²) in [7, 11) is 0. The third-order valence-corrected chi connectivity index (χ3v) is 4.17. The van der Waals surface area contributed by atoms with Crippen molar-refractivity contribution in [3.63, 3.8) is 0 Å². The minimum Gasteiger partial charge on any atom is -0.489 e. The van der Waals surface area contributed by atoms with E-state index < -0.39 is 6.10 Å². The number of aliphatic hydroxyl groups excluding tert-OH is 1. The van der Waals surface area contributed by atoms with Gasteiger partial charge in [0.15, 0.2) is 11.5 Å². The molecule has 0 bridgehead atoms. The van der Waals surface area contributed by atoms with Crippen molar-refractivity contribution in [1.29, 1.82) is 0 Å². The smallest absolute Gasteiger partial charge is 0.179 e. The summed E-state index contributed by atoms with van der Waals surface area (Å²) in [5.41, 5.74) is 2.48. The maximum absolute atomic E-state index is 10.3. The van der Waals surface area contributed by atoms with Gasteiger partial charge < -0.3 is 14.6 Å². The molecular formula is C14H14ClNO3S. The van der Waals surface area contributed by atoms with Gasteiger partial charge in [-0.1, -0.05) is 11.6 Å². The van der Waals surface area contributed by atoms with Crippen LogP contribution in [0.3, 0.4) is 0 Å². The summed E-state index contributed by atoms with van der Waals surface area (Å²) in [4.78, 5) is 5.03. The van der Waals surface area contributed by atoms with Crippen LogP contribution in [0.25, 0.3) is 0 Å². The van der Waals surface area contributed by atoms with Gasteiger partial charge in [0.25, 0.3) is 0 Å². The third-order valence-electron chi connectivity index (χ3n) is 3.09. The molecule has 1 aromatic carbocycles. The third kappa shape index (κ3) is 2.90. The SMILES string of the molecule is OC(Cc1cncs1)c1cc(Cl)c2c(c1)OCCCO2. The molecular weight excluding hydrogens is 298 g/mol. The molecule has 0 amide bonds. The van der Waals surface area contributed by atoms with Crippen molar-refractivity contribution < 1.29 is 14.6 Å². The molecule has 0 fully saturated rings. The van der Waals surface area contributed by atoms with Gasteiger partial charge in [0.1, 0.15) is 0 Å². The highest BCUT2D eigenvalue weighted by Crippen LogP contribution is 2.39. The van der Waals surface area contributed by atoms with Crippen molar-refractivity contribution in [3.05, 3.63) is 39.3 Å². The Morgan fingerprint density at radius 3 is 3.00 bits per heavy atom. The minimum atomic E-state index is -0.634. The molecule has 0 saturated heterocycles. The van der Waals surface area contributed by atoms with Gasteiger partial charge in [-0.3, -0.25) is 4.98 Å². The van der Waals surface area contributed by atoms with E-state index in [2.05, 4.69) is 4.98 Å². The molecule has 0 aliphatic carbocycles. The lowest BCUT2D eigenvalue weighted by Crippen LogP contribution is -2.02. The fourth-order valence-electron chi connectivity index (χ4n) is 2.09. The Bertz CT molecular complexity index is 588. The van der Waals surface area contributed by atoms with Crippen LogP contribution >= 0.6 is 22.9 Å². The fourth-order valence-corrected chi connectivity index (χ4v) is 3.00. The number of hydrogen-bond acceptors (Lipinski definition) is 5. The zero-order valence-corrected chi connectivity index (χ0v) is 12.3. The number of aromatic nitrogens is 1. The van der Waals surface area contributed by atoms with Gasteiger partial charge in [0, 0.05) is 23.9 Å². The van der Waals surface area contributed by atoms with Crippen LogP contribution in [0.15, 0.2) is 23.8 Å². The highest BCUT2D eigenvalue weighted by Gasteiger charge is 2.19. The Labute approximate surface area is 125 Å². The highest BCUT2D eigenvalue weighted by molar-refractivity contribution is 7.09. The number of hydrogen-bond donors (Lipinski definition) is 1. The van der Waals surface area contributed by atoms with E-state index in [-0.39, 0.29) is 0 Å². The summed E-state index contributed by atoms with van der Waals surface area (Å²) >= 11 is 7.74. The predicted molar refractivity (Wildman–Crippen MR) is 77.8 cm³/mol. The van der Waals surface area contributed by atoms with Crippen molar-refractivity contribution in [1.82, 2.24) is 4.98 Å². The summed E-state index contributed by atoms with van der Waals surface area (Å²) < 4.78 is 11.2. The van der Waals surface area contributed by atoms with Gasteiger partial charge in [-0.25, -0.2) is 0 Å². The van der Waals surface area contributed by atoms with E-state index in [0.29, 0.717) is 36.2 Å². The summed E-state index contributed by atoms with van der Waals surface area (Å²) in [5.74, 6) is 1.17. The van der Waals surface area contributed by atoms with Gasteiger partial charge in [0.05, 0.1) is 29.9 Å². The van der Waals surface area contributed by atoms with Crippen LogP contribution in [0, 0.1) is 0 Å². The van der Waals surface area contributed by atoms with Crippen LogP contribution in [0.5, 0.6) is 11.5 Å². The van der Waals surface area contributed by atoms with E-state index in [9.17, 15) is 5.11 Å². The zero-order chi connectivity index (χ0) is 13.9. The number of thiazole rings is 1. The number of nitrogens with zero attached hydrogens (tertiary/aromatic N) is 1. The molecule has 6 heteroatoms. The van der Waals surface area contributed by atoms with E-state index in [1.165, 1.54) is 11.3 Å². The van der Waals surface area contributed by atoms with Crippen LogP contribution in [0.1, 0.15) is 23.0 Å². The lowest BCUT2D eigenvalue weighted by Gasteiger charge is -2.15. The van der Waals surface area contributed by atoms with Crippen LogP contribution in [-0.4, -0.2) is 23.3 Å². The average Bonchev–Trinajstić information content (AvgIpc) is 2.81. The molecule has 0 radical (unpaired) electrons. The first-order valence-corrected chi connectivity index (χ1v) is 7.64. The second kappa shape index (κ2) is 5.99. The number of aliphatic hydroxyl groups is 1. The Balaban J connectivity index is 1.86. The molecule has 106 valence electrons. The quantitative estimate of drug-likeness (QED) is 0.945. The Kier molecular flexibility index (Phi) is 4.10. The molecule has 1 aliphatic heterocycles. The molecule has 20 heavy (non-hydrogen) atoms. The summed E-state index contributed by atoms with van der Waals surface area (Å²) in [6.45, 7) is 1.19. The lowest BCUT2D eigenvalue weighted by atomic mass is 10.1. The molecule has 1 aromatic heterocycles. The number of rotatable bonds is 3. The average molecular weight is 312 g/mol. The topological polar surface area (TPSA) is 51.6 Å². The van der Waals surface area contributed by atoms with Gasteiger partial charge in [-0.15, -0.1) is 11.3 Å². The first-order valence-electron chi connectivity index (χ1n) is 6.38. The van der Waals surface area contributed by atoms with Gasteiger partial charge in [0.2, 0.25) is 0 Å². The molecule has 2 heterocycles. The molecule has 0 spiro atoms. The van der Waals surface area contributed by atoms with Crippen LogP contribution < -0.4 is 9.47 Å². The Morgan fingerprint density at radius 1 is 1.35 bits per heavy atom. The monoisotopic (exact) mass is 311 g/mol. The summed E-state index contributed by atoms with van der Waals surface area (Å²) in [5, 5.41) is 10.8. The lowest BCUT2D eigenvalue weighted by molar-refractivity contribution is 0.178. The number of halogens is 1. The molecule has 2 aromatic rings. The Morgan fingerprint density at radius 2 is 2.20 bits per heavy atom. The second-order valence-corrected chi connectivity index (χ2v) is 5.95. The van der Waals surface area contributed by atoms with E-state index in [1.54, 1.807) is 23.8 Å². The molecule has 1 unspecified atom stereocenters. The van der Waals surface area contributed by atoms with Crippen molar-refractivity contribution in [2.45, 2.75) is 18.9 Å². The summed E-state index contributed by atoms with van der Waals surface area (Å²) in [6.07, 6.45) is 2.47. The van der Waals surface area contributed by atoms with Gasteiger partial charge in [-0.2, -0.15) is 0 Å². The second-order valence-electron chi connectivity index (χ2n) is 4.57. The van der Waals surface area contributed by atoms with Crippen LogP contribution in [0.4, 0.5) is 0 Å². The van der Waals surface area contributed by atoms with Gasteiger partial charge in [-0.05, 0) is 17.7 Å². The molecule has 0 saturated carbocycles. The maximum Gasteiger partial charge on any atom is 0.179 e. The minimum absolute atomic E-state index is 0.475. The normalized spacial score (nSPS) is 15.7. The first-order chi connectivity index (χ1) is 9.74. The van der Waals surface area contributed by atoms with Crippen LogP contribution in [0.2, 0.25) is 5.02 Å². The molecule has 1 atom stereocenters. The molecule has 4 nitrogen and oxygen atoms in total. The maximum atomic E-state index is 10.3. The molecule has 3 rings (SSSR count). The Hall–Kier alpha value is -1.30. The van der Waals surface area contributed by atoms with E-state index >= 15 is 0 Å². The van der Waals surface area contributed by atoms with E-state index in [0.717, 1.165) is 16.9 Å². The number of benzene rings is 1. The molecule has 1 N–H and O–H groups in total.